The second kappa shape index (κ2) is 6.21. The molecule has 1 aliphatic rings. The summed E-state index contributed by atoms with van der Waals surface area (Å²) >= 11 is 5.96. The molecule has 0 saturated carbocycles. The van der Waals surface area contributed by atoms with Crippen molar-refractivity contribution < 1.29 is 9.53 Å². The van der Waals surface area contributed by atoms with Crippen LogP contribution in [0.2, 0.25) is 5.02 Å². The number of anilines is 1. The SMILES string of the molecule is CC(NC(=O)c1nc(N)ccc1Cl)C1CCOCC1. The minimum atomic E-state index is -0.281. The lowest BCUT2D eigenvalue weighted by Crippen LogP contribution is -2.40. The second-order valence-corrected chi connectivity index (χ2v) is 5.19. The number of rotatable bonds is 3. The van der Waals surface area contributed by atoms with Crippen molar-refractivity contribution >= 4 is 23.3 Å². The van der Waals surface area contributed by atoms with Crippen molar-refractivity contribution in [1.82, 2.24) is 10.3 Å². The summed E-state index contributed by atoms with van der Waals surface area (Å²) in [5.74, 6) is 0.432. The highest BCUT2D eigenvalue weighted by atomic mass is 35.5. The number of amides is 1. The summed E-state index contributed by atoms with van der Waals surface area (Å²) in [5, 5.41) is 3.25. The molecule has 1 amide bonds. The lowest BCUT2D eigenvalue weighted by Gasteiger charge is -2.28. The maximum Gasteiger partial charge on any atom is 0.271 e. The van der Waals surface area contributed by atoms with Crippen LogP contribution in [0.5, 0.6) is 0 Å². The van der Waals surface area contributed by atoms with Crippen molar-refractivity contribution in [3.05, 3.63) is 22.8 Å². The lowest BCUT2D eigenvalue weighted by molar-refractivity contribution is 0.0537. The molecule has 1 aliphatic heterocycles. The molecule has 104 valence electrons. The fourth-order valence-electron chi connectivity index (χ4n) is 2.23. The molecule has 1 atom stereocenters. The Kier molecular flexibility index (Phi) is 4.61. The van der Waals surface area contributed by atoms with E-state index in [-0.39, 0.29) is 23.5 Å². The third kappa shape index (κ3) is 3.58. The number of halogens is 1. The molecule has 2 rings (SSSR count). The van der Waals surface area contributed by atoms with Crippen LogP contribution in [0.25, 0.3) is 0 Å². The summed E-state index contributed by atoms with van der Waals surface area (Å²) < 4.78 is 5.31. The first-order valence-corrected chi connectivity index (χ1v) is 6.76. The lowest BCUT2D eigenvalue weighted by atomic mass is 9.93. The smallest absolute Gasteiger partial charge is 0.271 e. The van der Waals surface area contributed by atoms with E-state index >= 15 is 0 Å². The van der Waals surface area contributed by atoms with E-state index in [1.54, 1.807) is 12.1 Å². The Morgan fingerprint density at radius 2 is 2.21 bits per heavy atom. The van der Waals surface area contributed by atoms with Crippen molar-refractivity contribution in [2.24, 2.45) is 5.92 Å². The second-order valence-electron chi connectivity index (χ2n) is 4.78. The summed E-state index contributed by atoms with van der Waals surface area (Å²) in [6.45, 7) is 3.50. The maximum absolute atomic E-state index is 12.1. The molecule has 0 radical (unpaired) electrons. The summed E-state index contributed by atoms with van der Waals surface area (Å²) in [6, 6.07) is 3.22. The molecular formula is C13H18ClN3O2. The average Bonchev–Trinajstić information content (AvgIpc) is 2.42. The molecule has 0 aromatic carbocycles. The van der Waals surface area contributed by atoms with E-state index < -0.39 is 0 Å². The van der Waals surface area contributed by atoms with Gasteiger partial charge >= 0.3 is 0 Å². The van der Waals surface area contributed by atoms with E-state index in [0.717, 1.165) is 26.1 Å². The zero-order chi connectivity index (χ0) is 13.8. The number of aromatic nitrogens is 1. The largest absolute Gasteiger partial charge is 0.384 e. The Morgan fingerprint density at radius 1 is 1.53 bits per heavy atom. The summed E-state index contributed by atoms with van der Waals surface area (Å²) in [4.78, 5) is 16.1. The number of nitrogens with one attached hydrogen (secondary N) is 1. The van der Waals surface area contributed by atoms with Crippen molar-refractivity contribution in [3.63, 3.8) is 0 Å². The van der Waals surface area contributed by atoms with Gasteiger partial charge < -0.3 is 15.8 Å². The first-order valence-electron chi connectivity index (χ1n) is 6.38. The van der Waals surface area contributed by atoms with Gasteiger partial charge in [0.15, 0.2) is 0 Å². The number of hydrogen-bond donors (Lipinski definition) is 2. The van der Waals surface area contributed by atoms with Crippen molar-refractivity contribution in [2.45, 2.75) is 25.8 Å². The predicted octanol–water partition coefficient (Wildman–Crippen LogP) is 1.86. The topological polar surface area (TPSA) is 77.2 Å². The quantitative estimate of drug-likeness (QED) is 0.888. The molecule has 0 spiro atoms. The van der Waals surface area contributed by atoms with Crippen LogP contribution in [-0.2, 0) is 4.74 Å². The minimum absolute atomic E-state index is 0.0655. The number of nitrogens with zero attached hydrogens (tertiary/aromatic N) is 1. The van der Waals surface area contributed by atoms with Gasteiger partial charge in [-0.3, -0.25) is 4.79 Å². The number of nitrogens with two attached hydrogens (primary N) is 1. The maximum atomic E-state index is 12.1. The van der Waals surface area contributed by atoms with Crippen molar-refractivity contribution in [3.8, 4) is 0 Å². The zero-order valence-corrected chi connectivity index (χ0v) is 11.6. The number of carbonyl (C=O) groups is 1. The Balaban J connectivity index is 2.01. The third-order valence-corrected chi connectivity index (χ3v) is 3.72. The highest BCUT2D eigenvalue weighted by Crippen LogP contribution is 2.20. The van der Waals surface area contributed by atoms with E-state index in [1.807, 2.05) is 6.92 Å². The molecule has 1 unspecified atom stereocenters. The highest BCUT2D eigenvalue weighted by molar-refractivity contribution is 6.33. The molecule has 1 fully saturated rings. The van der Waals surface area contributed by atoms with E-state index in [2.05, 4.69) is 10.3 Å². The van der Waals surface area contributed by atoms with Gasteiger partial charge in [0.1, 0.15) is 11.5 Å². The zero-order valence-electron chi connectivity index (χ0n) is 10.9. The number of pyridine rings is 1. The van der Waals surface area contributed by atoms with Gasteiger partial charge in [-0.05, 0) is 37.8 Å². The van der Waals surface area contributed by atoms with Crippen LogP contribution >= 0.6 is 11.6 Å². The number of hydrogen-bond acceptors (Lipinski definition) is 4. The first kappa shape index (κ1) is 14.1. The van der Waals surface area contributed by atoms with Gasteiger partial charge in [0, 0.05) is 19.3 Å². The third-order valence-electron chi connectivity index (χ3n) is 3.41. The fourth-order valence-corrected chi connectivity index (χ4v) is 2.42. The van der Waals surface area contributed by atoms with E-state index in [1.165, 1.54) is 0 Å². The molecule has 6 heteroatoms. The van der Waals surface area contributed by atoms with Crippen molar-refractivity contribution in [1.29, 1.82) is 0 Å². The molecule has 0 bridgehead atoms. The van der Waals surface area contributed by atoms with E-state index in [4.69, 9.17) is 22.1 Å². The Labute approximate surface area is 117 Å². The Hall–Kier alpha value is -1.33. The standard InChI is InChI=1S/C13H18ClN3O2/c1-8(9-4-6-19-7-5-9)16-13(18)12-10(14)2-3-11(15)17-12/h2-3,8-9H,4-7H2,1H3,(H2,15,17)(H,16,18). The van der Waals surface area contributed by atoms with Crippen LogP contribution in [0.15, 0.2) is 12.1 Å². The fraction of sp³-hybridized carbons (Fsp3) is 0.538. The number of carbonyl (C=O) groups excluding carboxylic acids is 1. The van der Waals surface area contributed by atoms with Crippen LogP contribution in [0.3, 0.4) is 0 Å². The first-order chi connectivity index (χ1) is 9.08. The Bertz CT molecular complexity index is 461. The molecule has 5 nitrogen and oxygen atoms in total. The molecule has 1 aromatic heterocycles. The number of ether oxygens (including phenoxy) is 1. The van der Waals surface area contributed by atoms with Crippen molar-refractivity contribution in [2.75, 3.05) is 18.9 Å². The van der Waals surface area contributed by atoms with Gasteiger partial charge in [-0.1, -0.05) is 11.6 Å². The van der Waals surface area contributed by atoms with Gasteiger partial charge in [0.2, 0.25) is 0 Å². The molecular weight excluding hydrogens is 266 g/mol. The summed E-state index contributed by atoms with van der Waals surface area (Å²) in [7, 11) is 0. The predicted molar refractivity (Wildman–Crippen MR) is 74.1 cm³/mol. The molecule has 1 aromatic rings. The highest BCUT2D eigenvalue weighted by Gasteiger charge is 2.23. The molecule has 2 heterocycles. The van der Waals surface area contributed by atoms with E-state index in [9.17, 15) is 4.79 Å². The van der Waals surface area contributed by atoms with Gasteiger partial charge in [-0.25, -0.2) is 4.98 Å². The molecule has 3 N–H and O–H groups in total. The average molecular weight is 284 g/mol. The van der Waals surface area contributed by atoms with Gasteiger partial charge in [0.05, 0.1) is 5.02 Å². The molecule has 19 heavy (non-hydrogen) atoms. The van der Waals surface area contributed by atoms with Crippen LogP contribution in [0, 0.1) is 5.92 Å². The molecule has 0 aliphatic carbocycles. The minimum Gasteiger partial charge on any atom is -0.384 e. The van der Waals surface area contributed by atoms with E-state index in [0.29, 0.717) is 10.9 Å². The normalized spacial score (nSPS) is 18.0. The molecule has 1 saturated heterocycles. The Morgan fingerprint density at radius 3 is 2.89 bits per heavy atom. The number of nitrogen functional groups attached to an aromatic ring is 1. The van der Waals surface area contributed by atoms with Crippen LogP contribution in [0.1, 0.15) is 30.3 Å². The van der Waals surface area contributed by atoms with Crippen LogP contribution in [0.4, 0.5) is 5.82 Å². The monoisotopic (exact) mass is 283 g/mol. The van der Waals surface area contributed by atoms with Gasteiger partial charge in [-0.15, -0.1) is 0 Å². The summed E-state index contributed by atoms with van der Waals surface area (Å²) in [6.07, 6.45) is 1.92. The summed E-state index contributed by atoms with van der Waals surface area (Å²) in [5.41, 5.74) is 5.75. The van der Waals surface area contributed by atoms with Crippen LogP contribution < -0.4 is 11.1 Å². The van der Waals surface area contributed by atoms with Gasteiger partial charge in [-0.2, -0.15) is 0 Å². The van der Waals surface area contributed by atoms with Gasteiger partial charge in [0.25, 0.3) is 5.91 Å². The van der Waals surface area contributed by atoms with Crippen LogP contribution in [-0.4, -0.2) is 30.1 Å².